The van der Waals surface area contributed by atoms with Gasteiger partial charge in [-0.2, -0.15) is 0 Å². The number of hydrogen-bond acceptors (Lipinski definition) is 8. The van der Waals surface area contributed by atoms with Crippen LogP contribution in [0.3, 0.4) is 0 Å². The van der Waals surface area contributed by atoms with Gasteiger partial charge in [0.25, 0.3) is 0 Å². The van der Waals surface area contributed by atoms with Crippen LogP contribution in [0, 0.1) is 23.7 Å². The summed E-state index contributed by atoms with van der Waals surface area (Å²) in [6.07, 6.45) is 29.7. The van der Waals surface area contributed by atoms with Crippen LogP contribution >= 0.6 is 0 Å². The molecule has 0 atom stereocenters. The molecule has 8 nitrogen and oxygen atoms in total. The van der Waals surface area contributed by atoms with E-state index < -0.39 is 0 Å². The minimum absolute atomic E-state index is 0.0460. The highest BCUT2D eigenvalue weighted by Gasteiger charge is 2.10. The number of carbonyl (C=O) groups is 2. The highest BCUT2D eigenvalue weighted by molar-refractivity contribution is 5.69. The number of aliphatic hydroxyl groups is 1. The Morgan fingerprint density at radius 1 is 0.491 bits per heavy atom. The zero-order chi connectivity index (χ0) is 40.1. The van der Waals surface area contributed by atoms with E-state index in [0.717, 1.165) is 122 Å². The molecule has 0 rings (SSSR count). The minimum Gasteiger partial charge on any atom is -0.466 e. The fraction of sp³-hybridized carbons (Fsp3) is 0.872. The summed E-state index contributed by atoms with van der Waals surface area (Å²) in [6, 6.07) is 0. The van der Waals surface area contributed by atoms with Gasteiger partial charge in [0.05, 0.1) is 19.8 Å². The number of ether oxygens (including phenoxy) is 4. The van der Waals surface area contributed by atoms with Crippen LogP contribution in [0.4, 0.5) is 0 Å². The fourth-order valence-electron chi connectivity index (χ4n) is 6.25. The summed E-state index contributed by atoms with van der Waals surface area (Å²) in [6.45, 7) is 11.2. The molecular weight excluding hydrogens is 691 g/mol. The van der Waals surface area contributed by atoms with E-state index in [9.17, 15) is 14.7 Å². The summed E-state index contributed by atoms with van der Waals surface area (Å²) in [5, 5.41) is 9.52. The van der Waals surface area contributed by atoms with Crippen molar-refractivity contribution in [3.05, 3.63) is 0 Å². The summed E-state index contributed by atoms with van der Waals surface area (Å²) in [5.74, 6) is 12.4. The largest absolute Gasteiger partial charge is 0.466 e. The number of rotatable bonds is 40. The molecule has 0 aromatic rings. The zero-order valence-electron chi connectivity index (χ0n) is 36.1. The van der Waals surface area contributed by atoms with Crippen molar-refractivity contribution in [2.75, 3.05) is 52.7 Å². The Labute approximate surface area is 339 Å². The molecule has 55 heavy (non-hydrogen) atoms. The Balaban J connectivity index is 3.97. The molecule has 0 spiro atoms. The molecule has 0 fully saturated rings. The predicted molar refractivity (Wildman–Crippen MR) is 228 cm³/mol. The summed E-state index contributed by atoms with van der Waals surface area (Å²) >= 11 is 0. The van der Waals surface area contributed by atoms with Gasteiger partial charge in [-0.1, -0.05) is 129 Å². The van der Waals surface area contributed by atoms with Crippen LogP contribution < -0.4 is 0 Å². The monoisotopic (exact) mass is 776 g/mol. The lowest BCUT2D eigenvalue weighted by Gasteiger charge is -2.21. The molecule has 0 aromatic heterocycles. The summed E-state index contributed by atoms with van der Waals surface area (Å²) in [4.78, 5) is 26.6. The van der Waals surface area contributed by atoms with Gasteiger partial charge in [0.1, 0.15) is 13.2 Å². The Kier molecular flexibility index (Phi) is 42.9. The van der Waals surface area contributed by atoms with E-state index in [0.29, 0.717) is 52.2 Å². The van der Waals surface area contributed by atoms with Crippen molar-refractivity contribution in [2.24, 2.45) is 0 Å². The third-order valence-electron chi connectivity index (χ3n) is 9.73. The highest BCUT2D eigenvalue weighted by Crippen LogP contribution is 2.12. The number of nitrogens with zero attached hydrogens (tertiary/aromatic N) is 1. The van der Waals surface area contributed by atoms with E-state index in [1.54, 1.807) is 0 Å². The van der Waals surface area contributed by atoms with Gasteiger partial charge in [-0.15, -0.1) is 11.8 Å². The smallest absolute Gasteiger partial charge is 0.305 e. The molecule has 0 bridgehead atoms. The third-order valence-corrected chi connectivity index (χ3v) is 9.73. The molecule has 0 saturated heterocycles. The second-order valence-electron chi connectivity index (χ2n) is 15.0. The van der Waals surface area contributed by atoms with Gasteiger partial charge in [0, 0.05) is 32.2 Å². The Hall–Kier alpha value is -2.10. The number of unbranched alkanes of at least 4 members (excludes halogenated alkanes) is 20. The van der Waals surface area contributed by atoms with Crippen molar-refractivity contribution < 1.29 is 33.6 Å². The second kappa shape index (κ2) is 44.6. The van der Waals surface area contributed by atoms with Crippen molar-refractivity contribution >= 4 is 11.9 Å². The summed E-state index contributed by atoms with van der Waals surface area (Å²) in [7, 11) is 0. The first-order chi connectivity index (χ1) is 27.1. The normalized spacial score (nSPS) is 11.0. The fourth-order valence-corrected chi connectivity index (χ4v) is 6.25. The maximum atomic E-state index is 12.3. The number of hydrogen-bond donors (Lipinski definition) is 1. The van der Waals surface area contributed by atoms with Crippen molar-refractivity contribution in [1.29, 1.82) is 0 Å². The maximum absolute atomic E-state index is 12.3. The lowest BCUT2D eigenvalue weighted by Crippen LogP contribution is -2.29. The molecule has 0 aliphatic heterocycles. The molecular formula is C47H85NO7. The molecule has 0 saturated carbocycles. The summed E-state index contributed by atoms with van der Waals surface area (Å²) in [5.41, 5.74) is 0. The van der Waals surface area contributed by atoms with Gasteiger partial charge in [-0.25, -0.2) is 0 Å². The molecule has 0 unspecified atom stereocenters. The molecule has 0 aliphatic rings. The first-order valence-electron chi connectivity index (χ1n) is 22.9. The van der Waals surface area contributed by atoms with Crippen LogP contribution in [0.2, 0.25) is 0 Å². The van der Waals surface area contributed by atoms with E-state index in [4.69, 9.17) is 18.9 Å². The van der Waals surface area contributed by atoms with Crippen molar-refractivity contribution in [3.63, 3.8) is 0 Å². The van der Waals surface area contributed by atoms with Crippen LogP contribution in [-0.4, -0.2) is 80.9 Å². The van der Waals surface area contributed by atoms with E-state index in [1.807, 2.05) is 0 Å². The molecule has 0 heterocycles. The van der Waals surface area contributed by atoms with Crippen LogP contribution in [0.1, 0.15) is 207 Å². The number of esters is 2. The average molecular weight is 776 g/mol. The van der Waals surface area contributed by atoms with Crippen LogP contribution in [0.5, 0.6) is 0 Å². The molecule has 0 amide bonds. The zero-order valence-corrected chi connectivity index (χ0v) is 36.1. The second-order valence-corrected chi connectivity index (χ2v) is 15.0. The highest BCUT2D eigenvalue weighted by atomic mass is 16.7. The lowest BCUT2D eigenvalue weighted by atomic mass is 10.1. The van der Waals surface area contributed by atoms with E-state index >= 15 is 0 Å². The van der Waals surface area contributed by atoms with Crippen LogP contribution in [0.15, 0.2) is 0 Å². The van der Waals surface area contributed by atoms with E-state index in [2.05, 4.69) is 49.4 Å². The lowest BCUT2D eigenvalue weighted by molar-refractivity contribution is -0.145. The molecule has 8 heteroatoms. The maximum Gasteiger partial charge on any atom is 0.305 e. The molecule has 1 N–H and O–H groups in total. The average Bonchev–Trinajstić information content (AvgIpc) is 3.18. The van der Waals surface area contributed by atoms with Crippen LogP contribution in [-0.2, 0) is 28.5 Å². The van der Waals surface area contributed by atoms with Gasteiger partial charge < -0.3 is 29.0 Å². The van der Waals surface area contributed by atoms with Gasteiger partial charge in [0.2, 0.25) is 0 Å². The Morgan fingerprint density at radius 2 is 0.909 bits per heavy atom. The standard InChI is InChI=1S/C47H85NO7/c1-4-7-10-13-16-23-30-41-52-45(50)34-25-18-17-19-28-37-48(39-40-49)38-29-20-24-31-42-53-46(51)35-26-27-36-47(54-43-32-21-14-11-8-5-2)55-44-33-22-15-12-9-6-3/h47,49H,4-20,23-31,34-44H2,1-3H3. The van der Waals surface area contributed by atoms with E-state index in [1.165, 1.54) is 57.8 Å². The van der Waals surface area contributed by atoms with Crippen molar-refractivity contribution in [1.82, 2.24) is 4.90 Å². The van der Waals surface area contributed by atoms with Gasteiger partial charge in [0.15, 0.2) is 6.29 Å². The third kappa shape index (κ3) is 41.4. The Bertz CT molecular complexity index is 934. The first kappa shape index (κ1) is 52.9. The van der Waals surface area contributed by atoms with Crippen LogP contribution in [0.25, 0.3) is 0 Å². The molecule has 320 valence electrons. The minimum atomic E-state index is -0.364. The van der Waals surface area contributed by atoms with E-state index in [-0.39, 0.29) is 24.8 Å². The van der Waals surface area contributed by atoms with Gasteiger partial charge in [-0.3, -0.25) is 9.59 Å². The summed E-state index contributed by atoms with van der Waals surface area (Å²) < 4.78 is 22.7. The number of carbonyl (C=O) groups excluding carboxylic acids is 2. The Morgan fingerprint density at radius 3 is 1.40 bits per heavy atom. The quantitative estimate of drug-likeness (QED) is 0.0285. The molecule has 0 aromatic carbocycles. The van der Waals surface area contributed by atoms with Gasteiger partial charge >= 0.3 is 11.9 Å². The first-order valence-corrected chi connectivity index (χ1v) is 22.9. The SMILES string of the molecule is CCCCCC#CCOC(CCCCC(=O)OCCCCCCN(CCO)CCCCCCCC(=O)OCCCCCCCCC)OCC#CCCCCC. The number of aliphatic hydroxyl groups excluding tert-OH is 1. The molecule has 0 radical (unpaired) electrons. The van der Waals surface area contributed by atoms with Crippen molar-refractivity contribution in [3.8, 4) is 23.7 Å². The predicted octanol–water partition coefficient (Wildman–Crippen LogP) is 11.1. The topological polar surface area (TPSA) is 94.5 Å². The van der Waals surface area contributed by atoms with Gasteiger partial charge in [-0.05, 0) is 77.3 Å². The van der Waals surface area contributed by atoms with Crippen molar-refractivity contribution in [2.45, 2.75) is 213 Å². The molecule has 0 aliphatic carbocycles.